The third-order valence-corrected chi connectivity index (χ3v) is 3.95. The molecule has 2 heterocycles. The van der Waals surface area contributed by atoms with Crippen LogP contribution >= 0.6 is 0 Å². The van der Waals surface area contributed by atoms with E-state index in [9.17, 15) is 0 Å². The fourth-order valence-corrected chi connectivity index (χ4v) is 2.80. The number of hydrogen-bond acceptors (Lipinski definition) is 5. The molecule has 1 aliphatic rings. The van der Waals surface area contributed by atoms with Crippen molar-refractivity contribution in [3.8, 4) is 11.6 Å². The molecule has 2 aromatic rings. The average molecular weight is 316 g/mol. The summed E-state index contributed by atoms with van der Waals surface area (Å²) in [6, 6.07) is 8.36. The van der Waals surface area contributed by atoms with Crippen LogP contribution in [0.1, 0.15) is 24.8 Å². The predicted octanol–water partition coefficient (Wildman–Crippen LogP) is 2.59. The molecule has 0 atom stereocenters. The number of rotatable bonds is 8. The maximum absolute atomic E-state index is 9.15. The van der Waals surface area contributed by atoms with Gasteiger partial charge in [-0.3, -0.25) is 9.88 Å². The van der Waals surface area contributed by atoms with Crippen molar-refractivity contribution in [2.75, 3.05) is 31.6 Å². The monoisotopic (exact) mass is 316 g/mol. The minimum atomic E-state index is 0.0681. The number of aromatic nitrogens is 2. The highest BCUT2D eigenvalue weighted by molar-refractivity contribution is 5.29. The van der Waals surface area contributed by atoms with E-state index in [1.54, 1.807) is 0 Å². The summed E-state index contributed by atoms with van der Waals surface area (Å²) in [6.45, 7) is 4.81. The molecule has 0 radical (unpaired) electrons. The number of ether oxygens (including phenoxy) is 1. The van der Waals surface area contributed by atoms with Crippen molar-refractivity contribution in [3.63, 3.8) is 0 Å². The van der Waals surface area contributed by atoms with Crippen LogP contribution in [0.5, 0.6) is 11.6 Å². The number of aromatic amines is 1. The zero-order valence-corrected chi connectivity index (χ0v) is 13.3. The maximum Gasteiger partial charge on any atom is 0.210 e. The molecule has 0 unspecified atom stereocenters. The topological polar surface area (TPSA) is 73.4 Å². The highest BCUT2D eigenvalue weighted by Crippen LogP contribution is 2.17. The van der Waals surface area contributed by atoms with E-state index >= 15 is 0 Å². The fourth-order valence-electron chi connectivity index (χ4n) is 2.80. The van der Waals surface area contributed by atoms with Crippen LogP contribution in [0.25, 0.3) is 0 Å². The summed E-state index contributed by atoms with van der Waals surface area (Å²) >= 11 is 0. The first-order valence-electron chi connectivity index (χ1n) is 8.21. The Hall–Kier alpha value is -2.21. The van der Waals surface area contributed by atoms with Gasteiger partial charge in [0.2, 0.25) is 11.8 Å². The normalized spacial score (nSPS) is 15.0. The van der Waals surface area contributed by atoms with Gasteiger partial charge in [0.25, 0.3) is 0 Å². The Labute approximate surface area is 136 Å². The van der Waals surface area contributed by atoms with Gasteiger partial charge >= 0.3 is 0 Å². The van der Waals surface area contributed by atoms with Crippen LogP contribution < -0.4 is 10.1 Å². The molecular weight excluding hydrogens is 292 g/mol. The minimum absolute atomic E-state index is 0.0681. The Balaban J connectivity index is 1.37. The molecule has 124 valence electrons. The molecule has 0 aliphatic carbocycles. The van der Waals surface area contributed by atoms with Crippen LogP contribution in [0.15, 0.2) is 30.5 Å². The number of imidazole rings is 1. The minimum Gasteiger partial charge on any atom is -0.494 e. The van der Waals surface area contributed by atoms with Crippen molar-refractivity contribution in [2.45, 2.75) is 25.8 Å². The van der Waals surface area contributed by atoms with Crippen molar-refractivity contribution in [2.24, 2.45) is 0 Å². The number of benzene rings is 1. The van der Waals surface area contributed by atoms with Gasteiger partial charge in [0.15, 0.2) is 0 Å². The zero-order valence-electron chi connectivity index (χ0n) is 13.3. The van der Waals surface area contributed by atoms with E-state index in [1.165, 1.54) is 37.7 Å². The Bertz CT molecular complexity index is 608. The lowest BCUT2D eigenvalue weighted by Crippen LogP contribution is -2.18. The van der Waals surface area contributed by atoms with E-state index in [1.807, 2.05) is 6.07 Å². The summed E-state index contributed by atoms with van der Waals surface area (Å²) in [5, 5.41) is 12.2. The third-order valence-electron chi connectivity index (χ3n) is 3.95. The molecule has 0 saturated carbocycles. The molecule has 1 aliphatic heterocycles. The van der Waals surface area contributed by atoms with Crippen molar-refractivity contribution >= 4 is 5.95 Å². The SMILES string of the molecule is Oc1cnc(NCCCOc2cccc(CN3CCCC3)c2)[nH]1. The second-order valence-electron chi connectivity index (χ2n) is 5.88. The number of anilines is 1. The standard InChI is InChI=1S/C17H24N4O2/c22-16-12-19-17(20-16)18-7-4-10-23-15-6-3-5-14(11-15)13-21-8-1-2-9-21/h3,5-6,11-12,22H,1-2,4,7-10,13H2,(H2,18,19,20). The quantitative estimate of drug-likeness (QED) is 0.653. The molecule has 0 bridgehead atoms. The molecule has 6 heteroatoms. The molecule has 1 saturated heterocycles. The summed E-state index contributed by atoms with van der Waals surface area (Å²) in [4.78, 5) is 9.17. The maximum atomic E-state index is 9.15. The molecule has 23 heavy (non-hydrogen) atoms. The van der Waals surface area contributed by atoms with Crippen LogP contribution in [0.2, 0.25) is 0 Å². The third kappa shape index (κ3) is 4.89. The first kappa shape index (κ1) is 15.7. The van der Waals surface area contributed by atoms with Gasteiger partial charge in [-0.2, -0.15) is 0 Å². The Morgan fingerprint density at radius 1 is 1.30 bits per heavy atom. The molecule has 1 fully saturated rings. The van der Waals surface area contributed by atoms with Crippen LogP contribution in [-0.4, -0.2) is 46.2 Å². The number of H-pyrrole nitrogens is 1. The number of hydrogen-bond donors (Lipinski definition) is 3. The Morgan fingerprint density at radius 2 is 2.17 bits per heavy atom. The highest BCUT2D eigenvalue weighted by atomic mass is 16.5. The lowest BCUT2D eigenvalue weighted by Gasteiger charge is -2.15. The fraction of sp³-hybridized carbons (Fsp3) is 0.471. The summed E-state index contributed by atoms with van der Waals surface area (Å²) in [7, 11) is 0. The summed E-state index contributed by atoms with van der Waals surface area (Å²) in [5.41, 5.74) is 1.31. The number of likely N-dealkylation sites (tertiary alicyclic amines) is 1. The van der Waals surface area contributed by atoms with Gasteiger partial charge in [-0.05, 0) is 50.0 Å². The van der Waals surface area contributed by atoms with Crippen LogP contribution in [0, 0.1) is 0 Å². The molecule has 0 spiro atoms. The van der Waals surface area contributed by atoms with E-state index < -0.39 is 0 Å². The molecular formula is C17H24N4O2. The molecule has 3 rings (SSSR count). The van der Waals surface area contributed by atoms with Gasteiger partial charge in [-0.1, -0.05) is 12.1 Å². The van der Waals surface area contributed by atoms with Gasteiger partial charge in [0, 0.05) is 13.1 Å². The zero-order chi connectivity index (χ0) is 15.9. The molecule has 3 N–H and O–H groups in total. The van der Waals surface area contributed by atoms with Crippen LogP contribution in [-0.2, 0) is 6.54 Å². The predicted molar refractivity (Wildman–Crippen MR) is 89.8 cm³/mol. The first-order valence-corrected chi connectivity index (χ1v) is 8.21. The van der Waals surface area contributed by atoms with Crippen molar-refractivity contribution in [1.82, 2.24) is 14.9 Å². The average Bonchev–Trinajstić information content (AvgIpc) is 3.19. The van der Waals surface area contributed by atoms with Gasteiger partial charge < -0.3 is 15.2 Å². The van der Waals surface area contributed by atoms with Crippen LogP contribution in [0.3, 0.4) is 0 Å². The Morgan fingerprint density at radius 3 is 2.96 bits per heavy atom. The van der Waals surface area contributed by atoms with E-state index in [0.29, 0.717) is 12.6 Å². The summed E-state index contributed by atoms with van der Waals surface area (Å²) in [5.74, 6) is 1.58. The summed E-state index contributed by atoms with van der Waals surface area (Å²) in [6.07, 6.45) is 4.87. The number of nitrogens with one attached hydrogen (secondary N) is 2. The molecule has 0 amide bonds. The Kier molecular flexibility index (Phi) is 5.37. The van der Waals surface area contributed by atoms with Crippen LogP contribution in [0.4, 0.5) is 5.95 Å². The van der Waals surface area contributed by atoms with Gasteiger partial charge in [-0.15, -0.1) is 0 Å². The van der Waals surface area contributed by atoms with E-state index in [4.69, 9.17) is 9.84 Å². The van der Waals surface area contributed by atoms with E-state index in [-0.39, 0.29) is 5.88 Å². The van der Waals surface area contributed by atoms with Gasteiger partial charge in [0.1, 0.15) is 5.75 Å². The second kappa shape index (κ2) is 7.87. The molecule has 1 aromatic carbocycles. The lowest BCUT2D eigenvalue weighted by molar-refractivity contribution is 0.310. The van der Waals surface area contributed by atoms with Crippen molar-refractivity contribution in [1.29, 1.82) is 0 Å². The lowest BCUT2D eigenvalue weighted by atomic mass is 10.2. The smallest absolute Gasteiger partial charge is 0.210 e. The van der Waals surface area contributed by atoms with Gasteiger partial charge in [-0.25, -0.2) is 4.98 Å². The summed E-state index contributed by atoms with van der Waals surface area (Å²) < 4.78 is 5.82. The molecule has 1 aromatic heterocycles. The van der Waals surface area contributed by atoms with Crippen molar-refractivity contribution in [3.05, 3.63) is 36.0 Å². The van der Waals surface area contributed by atoms with E-state index in [0.717, 1.165) is 25.3 Å². The van der Waals surface area contributed by atoms with Crippen molar-refractivity contribution < 1.29 is 9.84 Å². The van der Waals surface area contributed by atoms with E-state index in [2.05, 4.69) is 38.4 Å². The molecule has 6 nitrogen and oxygen atoms in total. The largest absolute Gasteiger partial charge is 0.494 e. The first-order chi connectivity index (χ1) is 11.3. The number of aromatic hydroxyl groups is 1. The van der Waals surface area contributed by atoms with Gasteiger partial charge in [0.05, 0.1) is 12.8 Å². The second-order valence-corrected chi connectivity index (χ2v) is 5.88. The highest BCUT2D eigenvalue weighted by Gasteiger charge is 2.11. The number of nitrogens with zero attached hydrogens (tertiary/aromatic N) is 2.